The number of anilines is 1. The lowest BCUT2D eigenvalue weighted by atomic mass is 10.1. The zero-order chi connectivity index (χ0) is 12.3. The highest BCUT2D eigenvalue weighted by Crippen LogP contribution is 2.21. The van der Waals surface area contributed by atoms with Crippen molar-refractivity contribution in [2.45, 2.75) is 32.5 Å². The van der Waals surface area contributed by atoms with Crippen LogP contribution in [0.4, 0.5) is 5.69 Å². The quantitative estimate of drug-likeness (QED) is 0.843. The summed E-state index contributed by atoms with van der Waals surface area (Å²) < 4.78 is 0. The number of carbonyl (C=O) groups is 1. The van der Waals surface area contributed by atoms with E-state index in [1.807, 2.05) is 45.9 Å². The smallest absolute Gasteiger partial charge is 0.238 e. The first-order valence-electron chi connectivity index (χ1n) is 5.44. The van der Waals surface area contributed by atoms with E-state index in [1.165, 1.54) is 0 Å². The third kappa shape index (κ3) is 3.08. The average Bonchev–Trinajstić information content (AvgIpc) is 2.22. The fraction of sp³-hybridized carbons (Fsp3) is 0.462. The average molecular weight is 284 g/mol. The summed E-state index contributed by atoms with van der Waals surface area (Å²) in [6, 6.07) is 6.00. The number of nitrogens with one attached hydrogen (secondary N) is 1. The Bertz CT molecular complexity index is 367. The number of rotatable bonds is 3. The van der Waals surface area contributed by atoms with Crippen molar-refractivity contribution in [2.24, 2.45) is 5.92 Å². The minimum Gasteiger partial charge on any atom is -0.325 e. The van der Waals surface area contributed by atoms with Gasteiger partial charge in [0.1, 0.15) is 0 Å². The Morgan fingerprint density at radius 1 is 1.25 bits per heavy atom. The Kier molecular flexibility index (Phi) is 4.54. The number of hydrogen-bond donors (Lipinski definition) is 1. The van der Waals surface area contributed by atoms with Crippen molar-refractivity contribution in [1.82, 2.24) is 0 Å². The van der Waals surface area contributed by atoms with E-state index in [1.54, 1.807) is 0 Å². The first kappa shape index (κ1) is 13.2. The lowest BCUT2D eigenvalue weighted by molar-refractivity contribution is -0.116. The van der Waals surface area contributed by atoms with Crippen molar-refractivity contribution in [3.63, 3.8) is 0 Å². The number of halogens is 1. The van der Waals surface area contributed by atoms with Crippen LogP contribution >= 0.6 is 15.9 Å². The van der Waals surface area contributed by atoms with Crippen LogP contribution in [0.15, 0.2) is 18.2 Å². The van der Waals surface area contributed by atoms with E-state index in [2.05, 4.69) is 21.2 Å². The molecule has 1 aromatic carbocycles. The molecule has 88 valence electrons. The van der Waals surface area contributed by atoms with E-state index in [0.29, 0.717) is 0 Å². The fourth-order valence-electron chi connectivity index (χ4n) is 1.51. The molecule has 3 heteroatoms. The second kappa shape index (κ2) is 5.48. The highest BCUT2D eigenvalue weighted by Gasteiger charge is 2.19. The molecule has 0 heterocycles. The van der Waals surface area contributed by atoms with E-state index in [-0.39, 0.29) is 16.7 Å². The molecule has 1 atom stereocenters. The van der Waals surface area contributed by atoms with Crippen molar-refractivity contribution in [2.75, 3.05) is 5.32 Å². The molecule has 0 aliphatic heterocycles. The summed E-state index contributed by atoms with van der Waals surface area (Å²) in [6.45, 7) is 8.04. The number of hydrogen-bond acceptors (Lipinski definition) is 1. The van der Waals surface area contributed by atoms with Crippen LogP contribution in [0, 0.1) is 19.8 Å². The second-order valence-electron chi connectivity index (χ2n) is 4.40. The van der Waals surface area contributed by atoms with E-state index >= 15 is 0 Å². The predicted molar refractivity (Wildman–Crippen MR) is 72.1 cm³/mol. The van der Waals surface area contributed by atoms with Crippen LogP contribution in [0.25, 0.3) is 0 Å². The van der Waals surface area contributed by atoms with Gasteiger partial charge in [-0.2, -0.15) is 0 Å². The van der Waals surface area contributed by atoms with Crippen LogP contribution in [-0.4, -0.2) is 10.7 Å². The van der Waals surface area contributed by atoms with Crippen LogP contribution in [0.5, 0.6) is 0 Å². The third-order valence-corrected chi connectivity index (χ3v) is 4.04. The van der Waals surface area contributed by atoms with Gasteiger partial charge in [0.15, 0.2) is 0 Å². The van der Waals surface area contributed by atoms with Gasteiger partial charge in [-0.1, -0.05) is 48.0 Å². The normalized spacial score (nSPS) is 12.6. The summed E-state index contributed by atoms with van der Waals surface area (Å²) in [4.78, 5) is 11.8. The summed E-state index contributed by atoms with van der Waals surface area (Å²) in [5.74, 6) is 0.303. The van der Waals surface area contributed by atoms with E-state index in [4.69, 9.17) is 0 Å². The Morgan fingerprint density at radius 2 is 1.75 bits per heavy atom. The number of alkyl halides is 1. The molecule has 2 nitrogen and oxygen atoms in total. The topological polar surface area (TPSA) is 29.1 Å². The molecule has 0 radical (unpaired) electrons. The molecule has 1 N–H and O–H groups in total. The summed E-state index contributed by atoms with van der Waals surface area (Å²) in [6.07, 6.45) is 0. The predicted octanol–water partition coefficient (Wildman–Crippen LogP) is 3.66. The molecule has 0 fully saturated rings. The van der Waals surface area contributed by atoms with Crippen LogP contribution in [0.2, 0.25) is 0 Å². The molecular formula is C13H18BrNO. The van der Waals surface area contributed by atoms with Gasteiger partial charge in [0.25, 0.3) is 0 Å². The summed E-state index contributed by atoms with van der Waals surface area (Å²) in [5, 5.41) is 2.97. The highest BCUT2D eigenvalue weighted by molar-refractivity contribution is 9.10. The number of benzene rings is 1. The second-order valence-corrected chi connectivity index (χ2v) is 5.39. The van der Waals surface area contributed by atoms with Gasteiger partial charge in [-0.3, -0.25) is 4.79 Å². The minimum absolute atomic E-state index is 0.0207. The van der Waals surface area contributed by atoms with E-state index in [0.717, 1.165) is 16.8 Å². The SMILES string of the molecule is Cc1cccc(C)c1NC(=O)C(Br)C(C)C. The van der Waals surface area contributed by atoms with Gasteiger partial charge in [-0.05, 0) is 30.9 Å². The molecule has 1 amide bonds. The van der Waals surface area contributed by atoms with Crippen molar-refractivity contribution in [3.8, 4) is 0 Å². The Morgan fingerprint density at radius 3 is 2.19 bits per heavy atom. The lowest BCUT2D eigenvalue weighted by Gasteiger charge is -2.16. The Hall–Kier alpha value is -0.830. The van der Waals surface area contributed by atoms with Crippen molar-refractivity contribution < 1.29 is 4.79 Å². The maximum Gasteiger partial charge on any atom is 0.238 e. The number of para-hydroxylation sites is 1. The van der Waals surface area contributed by atoms with Gasteiger partial charge in [0.2, 0.25) is 5.91 Å². The largest absolute Gasteiger partial charge is 0.325 e. The zero-order valence-corrected chi connectivity index (χ0v) is 11.8. The summed E-state index contributed by atoms with van der Waals surface area (Å²) in [5.41, 5.74) is 3.12. The molecule has 16 heavy (non-hydrogen) atoms. The molecule has 0 aromatic heterocycles. The molecule has 0 spiro atoms. The maximum absolute atomic E-state index is 11.9. The number of amides is 1. The Balaban J connectivity index is 2.85. The van der Waals surface area contributed by atoms with Crippen molar-refractivity contribution in [1.29, 1.82) is 0 Å². The standard InChI is InChI=1S/C13H18BrNO/c1-8(2)11(14)13(16)15-12-9(3)6-5-7-10(12)4/h5-8,11H,1-4H3,(H,15,16). The monoisotopic (exact) mass is 283 g/mol. The minimum atomic E-state index is -0.147. The summed E-state index contributed by atoms with van der Waals surface area (Å²) in [7, 11) is 0. The van der Waals surface area contributed by atoms with Gasteiger partial charge < -0.3 is 5.32 Å². The van der Waals surface area contributed by atoms with Crippen LogP contribution in [-0.2, 0) is 4.79 Å². The lowest BCUT2D eigenvalue weighted by Crippen LogP contribution is -2.27. The van der Waals surface area contributed by atoms with Crippen LogP contribution in [0.3, 0.4) is 0 Å². The zero-order valence-electron chi connectivity index (χ0n) is 10.2. The molecular weight excluding hydrogens is 266 g/mol. The Labute approximate surface area is 106 Å². The first-order valence-corrected chi connectivity index (χ1v) is 6.36. The summed E-state index contributed by atoms with van der Waals surface area (Å²) >= 11 is 3.40. The molecule has 0 aliphatic rings. The van der Waals surface area contributed by atoms with E-state index < -0.39 is 0 Å². The van der Waals surface area contributed by atoms with Gasteiger partial charge in [0.05, 0.1) is 4.83 Å². The van der Waals surface area contributed by atoms with Gasteiger partial charge >= 0.3 is 0 Å². The molecule has 0 bridgehead atoms. The molecule has 1 aromatic rings. The number of aryl methyl sites for hydroxylation is 2. The molecule has 1 rings (SSSR count). The maximum atomic E-state index is 11.9. The van der Waals surface area contributed by atoms with Gasteiger partial charge in [-0.25, -0.2) is 0 Å². The van der Waals surface area contributed by atoms with Gasteiger partial charge in [0, 0.05) is 5.69 Å². The van der Waals surface area contributed by atoms with Crippen LogP contribution in [0.1, 0.15) is 25.0 Å². The number of carbonyl (C=O) groups excluding carboxylic acids is 1. The van der Waals surface area contributed by atoms with E-state index in [9.17, 15) is 4.79 Å². The highest BCUT2D eigenvalue weighted by atomic mass is 79.9. The molecule has 0 saturated carbocycles. The molecule has 0 saturated heterocycles. The van der Waals surface area contributed by atoms with Crippen LogP contribution < -0.4 is 5.32 Å². The van der Waals surface area contributed by atoms with Gasteiger partial charge in [-0.15, -0.1) is 0 Å². The molecule has 0 aliphatic carbocycles. The first-order chi connectivity index (χ1) is 7.43. The third-order valence-electron chi connectivity index (χ3n) is 2.57. The van der Waals surface area contributed by atoms with Crippen molar-refractivity contribution in [3.05, 3.63) is 29.3 Å². The molecule has 1 unspecified atom stereocenters. The fourth-order valence-corrected chi connectivity index (χ4v) is 1.62. The van der Waals surface area contributed by atoms with Crippen molar-refractivity contribution >= 4 is 27.5 Å².